The fourth-order valence-electron chi connectivity index (χ4n) is 5.75. The molecule has 2 bridgehead atoms. The van der Waals surface area contributed by atoms with E-state index in [2.05, 4.69) is 22.2 Å². The predicted octanol–water partition coefficient (Wildman–Crippen LogP) is 3.15. The second-order valence-corrected chi connectivity index (χ2v) is 9.29. The third-order valence-corrected chi connectivity index (χ3v) is 7.18. The Kier molecular flexibility index (Phi) is 5.33. The van der Waals surface area contributed by atoms with Crippen LogP contribution >= 0.6 is 0 Å². The largest absolute Gasteiger partial charge is 0.419 e. The molecule has 1 aromatic rings. The molecular weight excluding hydrogens is 407 g/mol. The van der Waals surface area contributed by atoms with Crippen LogP contribution in [-0.2, 0) is 10.9 Å². The van der Waals surface area contributed by atoms with E-state index in [9.17, 15) is 13.2 Å². The Morgan fingerprint density at radius 1 is 1.45 bits per heavy atom. The normalized spacial score (nSPS) is 31.2. The van der Waals surface area contributed by atoms with Crippen LogP contribution in [0.3, 0.4) is 0 Å². The second kappa shape index (κ2) is 7.48. The van der Waals surface area contributed by atoms with Gasteiger partial charge in [-0.05, 0) is 57.2 Å². The first-order chi connectivity index (χ1) is 14.5. The SMILES string of the molecule is COCCN(C)C1C[C@H]2[C@H]3C1[C@@]32/C(=C/C(=N)c1cnc(N)c(C(F)(F)F)c1)NC(C)C. The van der Waals surface area contributed by atoms with Gasteiger partial charge in [-0.25, -0.2) is 4.98 Å². The standard InChI is InChI=1S/C22H30F3N5O/c1-11(2)29-17(9-15(26)12-7-14(22(23,24)25)20(27)28-10-12)21-13-8-16(19(21)18(13)21)30(3)5-6-31-4/h7,9-11,13,16,18-19,26,29H,5-6,8H2,1-4H3,(H2,27,28)/b17-9-,26-15?/t13-,16?,18-,19?,21-/m0/s1. The summed E-state index contributed by atoms with van der Waals surface area (Å²) in [6.45, 7) is 5.62. The number of likely N-dealkylation sites (N-methyl/N-ethyl adjacent to an activating group) is 1. The summed E-state index contributed by atoms with van der Waals surface area (Å²) in [5, 5.41) is 12.0. The van der Waals surface area contributed by atoms with Crippen molar-refractivity contribution in [3.05, 3.63) is 35.2 Å². The van der Waals surface area contributed by atoms with Crippen molar-refractivity contribution >= 4 is 11.5 Å². The molecule has 4 N–H and O–H groups in total. The number of halogens is 3. The number of alkyl halides is 3. The van der Waals surface area contributed by atoms with Crippen molar-refractivity contribution in [2.75, 3.05) is 33.0 Å². The van der Waals surface area contributed by atoms with Gasteiger partial charge in [-0.1, -0.05) is 0 Å². The molecule has 4 fully saturated rings. The number of allylic oxidation sites excluding steroid dienone is 2. The summed E-state index contributed by atoms with van der Waals surface area (Å²) >= 11 is 0. The average molecular weight is 438 g/mol. The zero-order valence-corrected chi connectivity index (χ0v) is 18.3. The molecular formula is C22H30F3N5O. The van der Waals surface area contributed by atoms with Gasteiger partial charge in [0.25, 0.3) is 0 Å². The molecule has 0 radical (unpaired) electrons. The molecule has 4 aliphatic carbocycles. The van der Waals surface area contributed by atoms with Crippen LogP contribution in [0.2, 0.25) is 0 Å². The van der Waals surface area contributed by atoms with Crippen molar-refractivity contribution in [3.8, 4) is 0 Å². The van der Waals surface area contributed by atoms with E-state index in [1.807, 2.05) is 13.8 Å². The number of ether oxygens (including phenoxy) is 1. The van der Waals surface area contributed by atoms with Gasteiger partial charge < -0.3 is 26.1 Å². The molecule has 0 saturated heterocycles. The number of nitrogens with two attached hydrogens (primary N) is 1. The van der Waals surface area contributed by atoms with Crippen LogP contribution in [0.25, 0.3) is 0 Å². The molecule has 170 valence electrons. The topological polar surface area (TPSA) is 87.3 Å². The fraction of sp³-hybridized carbons (Fsp3) is 0.636. The maximum absolute atomic E-state index is 13.2. The van der Waals surface area contributed by atoms with E-state index in [1.165, 1.54) is 6.20 Å². The van der Waals surface area contributed by atoms with E-state index >= 15 is 0 Å². The molecule has 9 heteroatoms. The van der Waals surface area contributed by atoms with Gasteiger partial charge >= 0.3 is 6.18 Å². The fourth-order valence-corrected chi connectivity index (χ4v) is 5.75. The lowest BCUT2D eigenvalue weighted by atomic mass is 9.98. The number of hydrogen-bond donors (Lipinski definition) is 3. The Hall–Kier alpha value is -2.13. The summed E-state index contributed by atoms with van der Waals surface area (Å²) in [6.07, 6.45) is -0.549. The lowest BCUT2D eigenvalue weighted by Crippen LogP contribution is -2.35. The third-order valence-electron chi connectivity index (χ3n) is 7.18. The van der Waals surface area contributed by atoms with Gasteiger partial charge in [-0.3, -0.25) is 0 Å². The van der Waals surface area contributed by atoms with Crippen molar-refractivity contribution in [2.24, 2.45) is 23.2 Å². The van der Waals surface area contributed by atoms with Crippen LogP contribution in [0.15, 0.2) is 24.0 Å². The van der Waals surface area contributed by atoms with Gasteiger partial charge in [-0.15, -0.1) is 0 Å². The highest BCUT2D eigenvalue weighted by Gasteiger charge is 2.93. The van der Waals surface area contributed by atoms with Crippen LogP contribution in [-0.4, -0.2) is 55.0 Å². The number of anilines is 1. The van der Waals surface area contributed by atoms with Crippen molar-refractivity contribution in [1.29, 1.82) is 5.41 Å². The van der Waals surface area contributed by atoms with Crippen LogP contribution < -0.4 is 11.1 Å². The van der Waals surface area contributed by atoms with Gasteiger partial charge in [-0.2, -0.15) is 13.2 Å². The number of aromatic nitrogens is 1. The molecule has 0 spiro atoms. The lowest BCUT2D eigenvalue weighted by molar-refractivity contribution is -0.137. The molecule has 0 aromatic carbocycles. The summed E-state index contributed by atoms with van der Waals surface area (Å²) in [7, 11) is 3.82. The van der Waals surface area contributed by atoms with Crippen molar-refractivity contribution in [3.63, 3.8) is 0 Å². The Labute approximate surface area is 180 Å². The minimum atomic E-state index is -4.61. The maximum Gasteiger partial charge on any atom is 0.419 e. The van der Waals surface area contributed by atoms with Crippen molar-refractivity contribution in [2.45, 2.75) is 38.5 Å². The van der Waals surface area contributed by atoms with Gasteiger partial charge in [0.15, 0.2) is 0 Å². The van der Waals surface area contributed by atoms with E-state index in [0.29, 0.717) is 30.4 Å². The number of pyridine rings is 1. The first kappa shape index (κ1) is 22.1. The highest BCUT2D eigenvalue weighted by atomic mass is 19.4. The molecule has 4 saturated carbocycles. The number of fused-ring (bicyclic) bond motifs is 1. The summed E-state index contributed by atoms with van der Waals surface area (Å²) in [4.78, 5) is 6.03. The lowest BCUT2D eigenvalue weighted by Gasteiger charge is -2.25. The minimum Gasteiger partial charge on any atom is -0.386 e. The molecule has 0 aliphatic heterocycles. The molecule has 5 atom stereocenters. The summed E-state index contributed by atoms with van der Waals surface area (Å²) < 4.78 is 44.9. The zero-order valence-electron chi connectivity index (χ0n) is 18.3. The number of hydrogen-bond acceptors (Lipinski definition) is 6. The van der Waals surface area contributed by atoms with Crippen LogP contribution in [0, 0.1) is 28.6 Å². The number of nitrogen functional groups attached to an aromatic ring is 1. The van der Waals surface area contributed by atoms with Crippen LogP contribution in [0.1, 0.15) is 31.4 Å². The highest BCUT2D eigenvalue weighted by molar-refractivity contribution is 6.07. The average Bonchev–Trinajstić information content (AvgIpc) is 3.41. The quantitative estimate of drug-likeness (QED) is 0.517. The third kappa shape index (κ3) is 3.51. The smallest absolute Gasteiger partial charge is 0.386 e. The molecule has 5 rings (SSSR count). The summed E-state index contributed by atoms with van der Waals surface area (Å²) in [6, 6.07) is 1.56. The second-order valence-electron chi connectivity index (χ2n) is 9.29. The molecule has 1 heterocycles. The van der Waals surface area contributed by atoms with Crippen molar-refractivity contribution in [1.82, 2.24) is 15.2 Å². The highest BCUT2D eigenvalue weighted by Crippen LogP contribution is 2.93. The van der Waals surface area contributed by atoms with Gasteiger partial charge in [0.2, 0.25) is 0 Å². The molecule has 4 aliphatic rings. The van der Waals surface area contributed by atoms with Crippen LogP contribution in [0.5, 0.6) is 0 Å². The number of nitrogens with one attached hydrogen (secondary N) is 2. The predicted molar refractivity (Wildman–Crippen MR) is 113 cm³/mol. The van der Waals surface area contributed by atoms with E-state index in [4.69, 9.17) is 15.9 Å². The van der Waals surface area contributed by atoms with E-state index < -0.39 is 17.6 Å². The van der Waals surface area contributed by atoms with Gasteiger partial charge in [0.1, 0.15) is 5.82 Å². The van der Waals surface area contributed by atoms with Crippen molar-refractivity contribution < 1.29 is 17.9 Å². The van der Waals surface area contributed by atoms with Gasteiger partial charge in [0, 0.05) is 48.6 Å². The Morgan fingerprint density at radius 2 is 2.16 bits per heavy atom. The molecule has 2 unspecified atom stereocenters. The number of methoxy groups -OCH3 is 1. The van der Waals surface area contributed by atoms with Gasteiger partial charge in [0.05, 0.1) is 17.9 Å². The van der Waals surface area contributed by atoms with E-state index in [-0.39, 0.29) is 22.7 Å². The molecule has 0 amide bonds. The monoisotopic (exact) mass is 437 g/mol. The first-order valence-corrected chi connectivity index (χ1v) is 10.6. The Bertz CT molecular complexity index is 909. The summed E-state index contributed by atoms with van der Waals surface area (Å²) in [5.74, 6) is 1.13. The minimum absolute atomic E-state index is 0.0109. The van der Waals surface area contributed by atoms with E-state index in [1.54, 1.807) is 13.2 Å². The molecule has 1 aromatic heterocycles. The molecule has 31 heavy (non-hydrogen) atoms. The molecule has 6 nitrogen and oxygen atoms in total. The maximum atomic E-state index is 13.2. The Balaban J connectivity index is 1.58. The summed E-state index contributed by atoms with van der Waals surface area (Å²) in [5.41, 5.74) is 5.54. The Morgan fingerprint density at radius 3 is 2.74 bits per heavy atom. The van der Waals surface area contributed by atoms with Crippen LogP contribution in [0.4, 0.5) is 19.0 Å². The number of nitrogens with zero attached hydrogens (tertiary/aromatic N) is 2. The first-order valence-electron chi connectivity index (χ1n) is 10.6. The number of rotatable bonds is 9. The van der Waals surface area contributed by atoms with E-state index in [0.717, 1.165) is 24.7 Å². The zero-order chi connectivity index (χ0) is 22.7.